The molecule has 0 unspecified atom stereocenters. The third kappa shape index (κ3) is 3.92. The van der Waals surface area contributed by atoms with Gasteiger partial charge < -0.3 is 4.90 Å². The first-order valence-corrected chi connectivity index (χ1v) is 7.37. The number of hydrogen-bond donors (Lipinski definition) is 0. The zero-order chi connectivity index (χ0) is 15.9. The first kappa shape index (κ1) is 14.7. The highest BCUT2D eigenvalue weighted by Gasteiger charge is 2.03. The van der Waals surface area contributed by atoms with E-state index in [1.807, 2.05) is 84.1 Å². The fourth-order valence-corrected chi connectivity index (χ4v) is 2.13. The average molecular weight is 299 g/mol. The fraction of sp³-hybridized carbons (Fsp3) is 0. The summed E-state index contributed by atoms with van der Waals surface area (Å²) >= 11 is 0. The van der Waals surface area contributed by atoms with Crippen molar-refractivity contribution in [2.75, 3.05) is 0 Å². The summed E-state index contributed by atoms with van der Waals surface area (Å²) in [4.78, 5) is 10.9. The molecule has 0 atom stereocenters. The van der Waals surface area contributed by atoms with Gasteiger partial charge in [0, 0.05) is 30.0 Å². The topological polar surface area (TPSA) is 28.5 Å². The van der Waals surface area contributed by atoms with Crippen molar-refractivity contribution in [3.8, 4) is 0 Å². The second-order valence-corrected chi connectivity index (χ2v) is 5.00. The van der Waals surface area contributed by atoms with Crippen molar-refractivity contribution in [3.05, 3.63) is 102 Å². The summed E-state index contributed by atoms with van der Waals surface area (Å²) < 4.78 is 0. The maximum Gasteiger partial charge on any atom is 0.136 e. The summed E-state index contributed by atoms with van der Waals surface area (Å²) in [5, 5.41) is 2.00. The minimum atomic E-state index is 0.820. The Morgan fingerprint density at radius 2 is 1.78 bits per heavy atom. The number of fused-ring (bicyclic) bond motifs is 1. The van der Waals surface area contributed by atoms with Crippen LogP contribution in [0.25, 0.3) is 12.2 Å². The van der Waals surface area contributed by atoms with E-state index in [1.165, 1.54) is 0 Å². The molecule has 1 aromatic heterocycles. The predicted octanol–water partition coefficient (Wildman–Crippen LogP) is 2.58. The molecule has 0 spiro atoms. The lowest BCUT2D eigenvalue weighted by Crippen LogP contribution is -2.26. The summed E-state index contributed by atoms with van der Waals surface area (Å²) in [5.74, 6) is 0.820. The van der Waals surface area contributed by atoms with Crippen molar-refractivity contribution in [3.63, 3.8) is 0 Å². The summed E-state index contributed by atoms with van der Waals surface area (Å²) in [6.45, 7) is 3.90. The summed E-state index contributed by atoms with van der Waals surface area (Å²) in [6, 6.07) is 3.97. The highest BCUT2D eigenvalue weighted by atomic mass is 15.2. The highest BCUT2D eigenvalue weighted by Crippen LogP contribution is 2.09. The second kappa shape index (κ2) is 7.18. The Bertz CT molecular complexity index is 877. The van der Waals surface area contributed by atoms with Gasteiger partial charge in [0.2, 0.25) is 0 Å². The Labute approximate surface area is 135 Å². The van der Waals surface area contributed by atoms with Crippen molar-refractivity contribution in [1.29, 1.82) is 0 Å². The van der Waals surface area contributed by atoms with Crippen LogP contribution in [0, 0.1) is 0 Å². The monoisotopic (exact) mass is 299 g/mol. The van der Waals surface area contributed by atoms with Crippen LogP contribution in [0.5, 0.6) is 0 Å². The van der Waals surface area contributed by atoms with Gasteiger partial charge in [0.25, 0.3) is 0 Å². The van der Waals surface area contributed by atoms with E-state index in [0.717, 1.165) is 22.0 Å². The first-order chi connectivity index (χ1) is 11.3. The molecule has 3 rings (SSSR count). The standard InChI is InChI=1S/C20H17N3/c1-17-11-15-23(16-12-17)20-10-4-2-3-7-18-8-5-13-21-19(18)9-6-14-22-20/h2-16H,1H2/b3-2+,4-2?,7-3?,9-6?,10-4-,14-6-,18-7+,19-9+,20-10?,22-14?,22-20+. The molecule has 0 radical (unpaired) electrons. The molecule has 0 aliphatic carbocycles. The number of nitrogens with zero attached hydrogens (tertiary/aromatic N) is 3. The van der Waals surface area contributed by atoms with Crippen LogP contribution in [0.3, 0.4) is 0 Å². The van der Waals surface area contributed by atoms with Crippen LogP contribution >= 0.6 is 0 Å². The number of aromatic nitrogens is 1. The molecule has 2 aliphatic heterocycles. The minimum absolute atomic E-state index is 0.820. The highest BCUT2D eigenvalue weighted by molar-refractivity contribution is 5.95. The van der Waals surface area contributed by atoms with Crippen LogP contribution in [-0.4, -0.2) is 15.7 Å². The summed E-state index contributed by atoms with van der Waals surface area (Å²) in [7, 11) is 0. The van der Waals surface area contributed by atoms with Gasteiger partial charge in [0.1, 0.15) is 5.84 Å². The largest absolute Gasteiger partial charge is 0.309 e. The van der Waals surface area contributed by atoms with Gasteiger partial charge in [0.05, 0.1) is 5.35 Å². The molecule has 0 saturated heterocycles. The molecule has 2 aliphatic rings. The molecule has 0 aromatic carbocycles. The van der Waals surface area contributed by atoms with E-state index in [1.54, 1.807) is 12.4 Å². The van der Waals surface area contributed by atoms with Crippen molar-refractivity contribution in [2.45, 2.75) is 0 Å². The molecule has 3 nitrogen and oxygen atoms in total. The zero-order valence-electron chi connectivity index (χ0n) is 12.7. The van der Waals surface area contributed by atoms with Gasteiger partial charge in [-0.05, 0) is 42.0 Å². The second-order valence-electron chi connectivity index (χ2n) is 5.00. The van der Waals surface area contributed by atoms with Crippen molar-refractivity contribution in [2.24, 2.45) is 4.99 Å². The normalized spacial score (nSPS) is 26.2. The summed E-state index contributed by atoms with van der Waals surface area (Å²) in [5.41, 5.74) is 0.972. The van der Waals surface area contributed by atoms with Gasteiger partial charge >= 0.3 is 0 Å². The van der Waals surface area contributed by atoms with Gasteiger partial charge in [-0.15, -0.1) is 0 Å². The fourth-order valence-electron chi connectivity index (χ4n) is 2.13. The Hall–Kier alpha value is -3.20. The van der Waals surface area contributed by atoms with Crippen molar-refractivity contribution in [1.82, 2.24) is 9.88 Å². The predicted molar refractivity (Wildman–Crippen MR) is 96.5 cm³/mol. The third-order valence-corrected chi connectivity index (χ3v) is 3.32. The van der Waals surface area contributed by atoms with Crippen LogP contribution < -0.4 is 10.6 Å². The number of hydrogen-bond acceptors (Lipinski definition) is 3. The van der Waals surface area contributed by atoms with Crippen LogP contribution in [0.4, 0.5) is 0 Å². The quantitative estimate of drug-likeness (QED) is 0.736. The average Bonchev–Trinajstić information content (AvgIpc) is 2.57. The van der Waals surface area contributed by atoms with Crippen LogP contribution in [0.2, 0.25) is 0 Å². The lowest BCUT2D eigenvalue weighted by atomic mass is 10.2. The maximum atomic E-state index is 4.52. The Balaban J connectivity index is 1.98. The number of allylic oxidation sites excluding steroid dienone is 7. The van der Waals surface area contributed by atoms with E-state index in [-0.39, 0.29) is 0 Å². The Morgan fingerprint density at radius 1 is 0.913 bits per heavy atom. The number of rotatable bonds is 0. The van der Waals surface area contributed by atoms with Crippen LogP contribution in [-0.2, 0) is 0 Å². The third-order valence-electron chi connectivity index (χ3n) is 3.32. The van der Waals surface area contributed by atoms with E-state index in [9.17, 15) is 0 Å². The van der Waals surface area contributed by atoms with Crippen LogP contribution in [0.15, 0.2) is 96.6 Å². The molecule has 0 saturated carbocycles. The van der Waals surface area contributed by atoms with Crippen molar-refractivity contribution < 1.29 is 0 Å². The lowest BCUT2D eigenvalue weighted by Gasteiger charge is -2.17. The van der Waals surface area contributed by atoms with Crippen LogP contribution in [0.1, 0.15) is 0 Å². The van der Waals surface area contributed by atoms with Gasteiger partial charge in [0.15, 0.2) is 0 Å². The number of amidine groups is 1. The molecule has 112 valence electrons. The van der Waals surface area contributed by atoms with E-state index in [4.69, 9.17) is 0 Å². The van der Waals surface area contributed by atoms with Gasteiger partial charge in [-0.3, -0.25) is 4.98 Å². The molecule has 23 heavy (non-hydrogen) atoms. The van der Waals surface area contributed by atoms with E-state index >= 15 is 0 Å². The van der Waals surface area contributed by atoms with E-state index in [2.05, 4.69) is 16.6 Å². The maximum absolute atomic E-state index is 4.52. The smallest absolute Gasteiger partial charge is 0.136 e. The molecular weight excluding hydrogens is 282 g/mol. The minimum Gasteiger partial charge on any atom is -0.309 e. The van der Waals surface area contributed by atoms with E-state index in [0.29, 0.717) is 0 Å². The SMILES string of the molecule is C=C1C=CN(C2=N/C=C\C=c3\nccc\c3=C/C=C/C=C\2)C=C1. The number of pyridine rings is 1. The molecule has 0 N–H and O–H groups in total. The summed E-state index contributed by atoms with van der Waals surface area (Å²) in [6.07, 6.45) is 25.2. The van der Waals surface area contributed by atoms with E-state index < -0.39 is 0 Å². The van der Waals surface area contributed by atoms with Gasteiger partial charge in [-0.2, -0.15) is 0 Å². The Morgan fingerprint density at radius 3 is 2.65 bits per heavy atom. The van der Waals surface area contributed by atoms with Gasteiger partial charge in [-0.1, -0.05) is 36.9 Å². The molecule has 0 fully saturated rings. The molecule has 3 heterocycles. The van der Waals surface area contributed by atoms with Crippen molar-refractivity contribution >= 4 is 18.0 Å². The molecule has 0 bridgehead atoms. The molecular formula is C20H17N3. The molecule has 1 aromatic rings. The lowest BCUT2D eigenvalue weighted by molar-refractivity contribution is 0.754. The zero-order valence-corrected chi connectivity index (χ0v) is 12.7. The molecule has 0 amide bonds. The Kier molecular flexibility index (Phi) is 4.60. The van der Waals surface area contributed by atoms with Gasteiger partial charge in [-0.25, -0.2) is 4.99 Å². The molecule has 3 heteroatoms. The first-order valence-electron chi connectivity index (χ1n) is 7.37. The number of aliphatic imine (C=N–C) groups is 1.